The van der Waals surface area contributed by atoms with Crippen LogP contribution >= 0.6 is 0 Å². The first kappa shape index (κ1) is 32.6. The summed E-state index contributed by atoms with van der Waals surface area (Å²) in [7, 11) is 1.59. The van der Waals surface area contributed by atoms with E-state index in [4.69, 9.17) is 9.15 Å². The molecule has 0 unspecified atom stereocenters. The third kappa shape index (κ3) is 9.10. The minimum atomic E-state index is -0.385. The third-order valence-corrected chi connectivity index (χ3v) is 7.66. The number of unbranched alkanes of at least 4 members (excludes halogenated alkanes) is 3. The Labute approximate surface area is 258 Å². The first-order valence-corrected chi connectivity index (χ1v) is 15.3. The molecule has 4 rings (SSSR count). The van der Waals surface area contributed by atoms with Crippen LogP contribution in [0.3, 0.4) is 0 Å². The van der Waals surface area contributed by atoms with E-state index < -0.39 is 0 Å². The van der Waals surface area contributed by atoms with Crippen LogP contribution in [0.15, 0.2) is 88.3 Å². The van der Waals surface area contributed by atoms with Crippen molar-refractivity contribution >= 4 is 22.8 Å². The molecule has 2 amide bonds. The average Bonchev–Trinajstić information content (AvgIpc) is 3.04. The first-order valence-electron chi connectivity index (χ1n) is 15.3. The van der Waals surface area contributed by atoms with Gasteiger partial charge in [-0.25, -0.2) is 4.39 Å². The van der Waals surface area contributed by atoms with Crippen LogP contribution in [0, 0.1) is 5.82 Å². The van der Waals surface area contributed by atoms with Gasteiger partial charge in [-0.2, -0.15) is 0 Å². The number of nitrogens with zero attached hydrogens (tertiary/aromatic N) is 2. The van der Waals surface area contributed by atoms with Crippen molar-refractivity contribution in [2.75, 3.05) is 26.8 Å². The number of hydrogen-bond acceptors (Lipinski definition) is 5. The maximum absolute atomic E-state index is 13.9. The zero-order chi connectivity index (χ0) is 31.3. The fraction of sp³-hybridized carbons (Fsp3) is 0.361. The van der Waals surface area contributed by atoms with Crippen molar-refractivity contribution in [3.63, 3.8) is 0 Å². The van der Waals surface area contributed by atoms with Crippen LogP contribution in [0.5, 0.6) is 0 Å². The van der Waals surface area contributed by atoms with E-state index in [1.165, 1.54) is 53.0 Å². The Morgan fingerprint density at radius 3 is 2.30 bits per heavy atom. The molecule has 0 radical (unpaired) electrons. The molecule has 7 nitrogen and oxygen atoms in total. The normalized spacial score (nSPS) is 11.1. The van der Waals surface area contributed by atoms with E-state index in [-0.39, 0.29) is 42.7 Å². The fourth-order valence-electron chi connectivity index (χ4n) is 5.14. The maximum Gasteiger partial charge on any atom is 0.254 e. The molecule has 232 valence electrons. The Morgan fingerprint density at radius 1 is 0.841 bits per heavy atom. The third-order valence-electron chi connectivity index (χ3n) is 7.66. The van der Waals surface area contributed by atoms with Gasteiger partial charge in [-0.05, 0) is 66.8 Å². The van der Waals surface area contributed by atoms with E-state index in [0.717, 1.165) is 12.8 Å². The summed E-state index contributed by atoms with van der Waals surface area (Å²) in [6.45, 7) is 2.84. The summed E-state index contributed by atoms with van der Waals surface area (Å²) < 4.78 is 24.5. The number of ether oxygens (including phenoxy) is 1. The van der Waals surface area contributed by atoms with Gasteiger partial charge in [0.2, 0.25) is 5.91 Å². The number of hydrogen-bond donors (Lipinski definition) is 0. The second-order valence-electron chi connectivity index (χ2n) is 11.0. The van der Waals surface area contributed by atoms with Gasteiger partial charge in [0.25, 0.3) is 5.91 Å². The van der Waals surface area contributed by atoms with Crippen molar-refractivity contribution < 1.29 is 23.1 Å². The maximum atomic E-state index is 13.9. The topological polar surface area (TPSA) is 80.1 Å². The van der Waals surface area contributed by atoms with Gasteiger partial charge in [0.05, 0.1) is 23.8 Å². The number of halogens is 1. The number of para-hydroxylation sites is 1. The van der Waals surface area contributed by atoms with Crippen LogP contribution in [0.2, 0.25) is 0 Å². The first-order chi connectivity index (χ1) is 21.4. The quantitative estimate of drug-likeness (QED) is 0.133. The molecule has 0 atom stereocenters. The largest absolute Gasteiger partial charge is 0.464 e. The lowest BCUT2D eigenvalue weighted by Crippen LogP contribution is -2.43. The molecule has 0 aliphatic heterocycles. The molecule has 0 spiro atoms. The molecule has 0 N–H and O–H groups in total. The lowest BCUT2D eigenvalue weighted by molar-refractivity contribution is -0.133. The Bertz CT molecular complexity index is 1570. The van der Waals surface area contributed by atoms with Crippen LogP contribution in [-0.4, -0.2) is 48.4 Å². The van der Waals surface area contributed by atoms with Crippen LogP contribution in [0.4, 0.5) is 4.39 Å². The molecule has 0 aliphatic carbocycles. The van der Waals surface area contributed by atoms with Crippen LogP contribution in [-0.2, 0) is 29.0 Å². The number of carbonyl (C=O) groups is 2. The Balaban J connectivity index is 1.55. The van der Waals surface area contributed by atoms with Crippen molar-refractivity contribution in [1.82, 2.24) is 9.80 Å². The van der Waals surface area contributed by atoms with E-state index >= 15 is 0 Å². The van der Waals surface area contributed by atoms with Crippen molar-refractivity contribution in [1.29, 1.82) is 0 Å². The van der Waals surface area contributed by atoms with Gasteiger partial charge >= 0.3 is 0 Å². The highest BCUT2D eigenvalue weighted by molar-refractivity contribution is 5.96. The van der Waals surface area contributed by atoms with Gasteiger partial charge in [0.15, 0.2) is 5.43 Å². The Hall–Kier alpha value is -4.30. The van der Waals surface area contributed by atoms with E-state index in [1.807, 2.05) is 24.3 Å². The zero-order valence-electron chi connectivity index (χ0n) is 25.6. The molecule has 4 aromatic rings. The molecule has 44 heavy (non-hydrogen) atoms. The Kier molecular flexibility index (Phi) is 12.2. The molecule has 1 aromatic heterocycles. The highest BCUT2D eigenvalue weighted by Crippen LogP contribution is 2.16. The Morgan fingerprint density at radius 2 is 1.57 bits per heavy atom. The van der Waals surface area contributed by atoms with Crippen molar-refractivity contribution in [3.05, 3.63) is 117 Å². The van der Waals surface area contributed by atoms with Crippen molar-refractivity contribution in [2.45, 2.75) is 58.5 Å². The minimum absolute atomic E-state index is 0.0315. The number of rotatable bonds is 16. The fourth-order valence-corrected chi connectivity index (χ4v) is 5.14. The number of carbonyl (C=O) groups excluding carboxylic acids is 2. The number of amides is 2. The summed E-state index contributed by atoms with van der Waals surface area (Å²) in [6, 6.07) is 20.4. The summed E-state index contributed by atoms with van der Waals surface area (Å²) in [4.78, 5) is 43.9. The number of aryl methyl sites for hydroxylation is 1. The van der Waals surface area contributed by atoms with Crippen molar-refractivity contribution in [2.24, 2.45) is 0 Å². The molecule has 0 aliphatic rings. The van der Waals surface area contributed by atoms with E-state index in [2.05, 4.69) is 6.92 Å². The second-order valence-corrected chi connectivity index (χ2v) is 11.0. The summed E-state index contributed by atoms with van der Waals surface area (Å²) in [5, 5.41) is 0.421. The molecule has 0 saturated heterocycles. The van der Waals surface area contributed by atoms with Gasteiger partial charge in [-0.15, -0.1) is 0 Å². The molecule has 3 aromatic carbocycles. The van der Waals surface area contributed by atoms with Crippen LogP contribution < -0.4 is 5.43 Å². The van der Waals surface area contributed by atoms with Gasteiger partial charge < -0.3 is 19.0 Å². The van der Waals surface area contributed by atoms with Crippen LogP contribution in [0.1, 0.15) is 66.1 Å². The highest BCUT2D eigenvalue weighted by Gasteiger charge is 2.24. The predicted octanol–water partition coefficient (Wildman–Crippen LogP) is 6.76. The number of fused-ring (bicyclic) bond motifs is 1. The smallest absolute Gasteiger partial charge is 0.254 e. The molecule has 0 saturated carbocycles. The lowest BCUT2D eigenvalue weighted by atomic mass is 10.0. The minimum Gasteiger partial charge on any atom is -0.464 e. The monoisotopic (exact) mass is 600 g/mol. The van der Waals surface area contributed by atoms with Gasteiger partial charge in [-0.3, -0.25) is 14.4 Å². The summed E-state index contributed by atoms with van der Waals surface area (Å²) in [5.74, 6) is -0.983. The van der Waals surface area contributed by atoms with Crippen molar-refractivity contribution in [3.8, 4) is 0 Å². The lowest BCUT2D eigenvalue weighted by Gasteiger charge is -2.28. The molecule has 1 heterocycles. The van der Waals surface area contributed by atoms with E-state index in [9.17, 15) is 18.8 Å². The number of methoxy groups -OCH3 is 1. The van der Waals surface area contributed by atoms with Gasteiger partial charge in [0, 0.05) is 32.4 Å². The second kappa shape index (κ2) is 16.5. The summed E-state index contributed by atoms with van der Waals surface area (Å²) >= 11 is 0. The molecule has 0 bridgehead atoms. The average molecular weight is 601 g/mol. The standard InChI is InChI=1S/C36H41FN2O5/c1-3-4-5-6-10-27-13-17-29(18-14-27)36(42)38(21-9-22-43-2)25-34(40)39(23-28-15-19-31(37)20-16-28)24-30-26-44-33-12-8-7-11-32(33)35(30)41/h7-8,11-20,26H,3-6,9-10,21-25H2,1-2H3. The molecule has 8 heteroatoms. The van der Waals surface area contributed by atoms with E-state index in [0.29, 0.717) is 47.2 Å². The summed E-state index contributed by atoms with van der Waals surface area (Å²) in [5.41, 5.74) is 2.92. The number of benzene rings is 3. The highest BCUT2D eigenvalue weighted by atomic mass is 19.1. The van der Waals surface area contributed by atoms with Crippen LogP contribution in [0.25, 0.3) is 11.0 Å². The van der Waals surface area contributed by atoms with E-state index in [1.54, 1.807) is 43.5 Å². The van der Waals surface area contributed by atoms with Gasteiger partial charge in [0.1, 0.15) is 17.9 Å². The molecular weight excluding hydrogens is 559 g/mol. The predicted molar refractivity (Wildman–Crippen MR) is 170 cm³/mol. The summed E-state index contributed by atoms with van der Waals surface area (Å²) in [6.07, 6.45) is 7.58. The SMILES string of the molecule is CCCCCCc1ccc(C(=O)N(CCCOC)CC(=O)N(Cc2ccc(F)cc2)Cc2coc3ccccc3c2=O)cc1. The molecule has 0 fully saturated rings. The zero-order valence-corrected chi connectivity index (χ0v) is 25.6. The van der Waals surface area contributed by atoms with Gasteiger partial charge in [-0.1, -0.05) is 62.6 Å². The molecular formula is C36H41FN2O5.